The lowest BCUT2D eigenvalue weighted by atomic mass is 10.2. The molecule has 1 heterocycles. The molecule has 21 heavy (non-hydrogen) atoms. The first-order valence-electron chi connectivity index (χ1n) is 7.25. The van der Waals surface area contributed by atoms with E-state index in [1.807, 2.05) is 20.9 Å². The van der Waals surface area contributed by atoms with E-state index in [1.54, 1.807) is 6.92 Å². The number of hydrogen-bond donors (Lipinski definition) is 1. The molecule has 1 aromatic rings. The summed E-state index contributed by atoms with van der Waals surface area (Å²) in [4.78, 5) is 14.5. The number of carbonyl (C=O) groups is 1. The van der Waals surface area contributed by atoms with Crippen molar-refractivity contribution in [2.45, 2.75) is 40.7 Å². The fourth-order valence-electron chi connectivity index (χ4n) is 2.00. The summed E-state index contributed by atoms with van der Waals surface area (Å²) in [7, 11) is 1.98. The van der Waals surface area contributed by atoms with Crippen LogP contribution in [0.2, 0.25) is 0 Å². The summed E-state index contributed by atoms with van der Waals surface area (Å²) in [6, 6.07) is 0. The van der Waals surface area contributed by atoms with E-state index in [9.17, 15) is 4.79 Å². The Labute approximate surface area is 131 Å². The molecule has 6 heteroatoms. The Morgan fingerprint density at radius 1 is 1.33 bits per heavy atom. The lowest BCUT2D eigenvalue weighted by Gasteiger charge is -2.22. The van der Waals surface area contributed by atoms with E-state index in [0.29, 0.717) is 28.8 Å². The summed E-state index contributed by atoms with van der Waals surface area (Å²) < 4.78 is 10.9. The molecule has 1 aromatic heterocycles. The number of ether oxygens (including phenoxy) is 2. The number of thiophene rings is 1. The highest BCUT2D eigenvalue weighted by Crippen LogP contribution is 2.45. The zero-order chi connectivity index (χ0) is 16.2. The molecule has 120 valence electrons. The van der Waals surface area contributed by atoms with Gasteiger partial charge in [0.05, 0.1) is 12.7 Å². The van der Waals surface area contributed by atoms with Crippen LogP contribution in [-0.4, -0.2) is 32.3 Å². The van der Waals surface area contributed by atoms with E-state index in [-0.39, 0.29) is 6.10 Å². The van der Waals surface area contributed by atoms with Gasteiger partial charge in [-0.3, -0.25) is 0 Å². The van der Waals surface area contributed by atoms with Crippen LogP contribution in [0.25, 0.3) is 0 Å². The molecular weight excluding hydrogens is 288 g/mol. The lowest BCUT2D eigenvalue weighted by Crippen LogP contribution is -2.22. The normalized spacial score (nSPS) is 11.0. The number of nitrogens with two attached hydrogens (primary N) is 1. The Bertz CT molecular complexity index is 484. The van der Waals surface area contributed by atoms with E-state index in [2.05, 4.69) is 18.7 Å². The zero-order valence-corrected chi connectivity index (χ0v) is 14.5. The van der Waals surface area contributed by atoms with Crippen LogP contribution in [0.1, 0.15) is 44.3 Å². The number of nitrogen functional groups attached to an aromatic ring is 1. The van der Waals surface area contributed by atoms with E-state index in [0.717, 1.165) is 11.5 Å². The van der Waals surface area contributed by atoms with Crippen molar-refractivity contribution in [3.63, 3.8) is 0 Å². The van der Waals surface area contributed by atoms with Crippen LogP contribution in [0.5, 0.6) is 5.75 Å². The van der Waals surface area contributed by atoms with Crippen molar-refractivity contribution < 1.29 is 14.3 Å². The number of rotatable bonds is 7. The molecule has 0 saturated carbocycles. The number of hydrogen-bond acceptors (Lipinski definition) is 6. The quantitative estimate of drug-likeness (QED) is 0.782. The van der Waals surface area contributed by atoms with Crippen molar-refractivity contribution in [3.8, 4) is 5.75 Å². The minimum absolute atomic E-state index is 0.0110. The summed E-state index contributed by atoms with van der Waals surface area (Å²) >= 11 is 1.33. The van der Waals surface area contributed by atoms with Crippen LogP contribution >= 0.6 is 11.3 Å². The van der Waals surface area contributed by atoms with Crippen molar-refractivity contribution in [1.82, 2.24) is 0 Å². The van der Waals surface area contributed by atoms with Crippen LogP contribution in [0.3, 0.4) is 0 Å². The first kappa shape index (κ1) is 17.6. The van der Waals surface area contributed by atoms with Crippen molar-refractivity contribution in [1.29, 1.82) is 0 Å². The van der Waals surface area contributed by atoms with E-state index >= 15 is 0 Å². The molecule has 0 amide bonds. The molecule has 0 saturated heterocycles. The average molecular weight is 314 g/mol. The molecule has 5 nitrogen and oxygen atoms in total. The third kappa shape index (κ3) is 4.52. The molecule has 0 spiro atoms. The Kier molecular flexibility index (Phi) is 6.33. The maximum Gasteiger partial charge on any atom is 0.350 e. The highest BCUT2D eigenvalue weighted by Gasteiger charge is 2.26. The van der Waals surface area contributed by atoms with Crippen LogP contribution < -0.4 is 15.4 Å². The predicted molar refractivity (Wildman–Crippen MR) is 88.6 cm³/mol. The second-order valence-electron chi connectivity index (χ2n) is 5.64. The van der Waals surface area contributed by atoms with Gasteiger partial charge in [-0.2, -0.15) is 0 Å². The lowest BCUT2D eigenvalue weighted by molar-refractivity contribution is 0.0533. The van der Waals surface area contributed by atoms with Crippen LogP contribution in [-0.2, 0) is 4.74 Å². The summed E-state index contributed by atoms with van der Waals surface area (Å²) in [6.45, 7) is 11.1. The fraction of sp³-hybridized carbons (Fsp3) is 0.667. The van der Waals surface area contributed by atoms with Crippen LogP contribution in [0.15, 0.2) is 0 Å². The van der Waals surface area contributed by atoms with Gasteiger partial charge in [0.15, 0.2) is 5.75 Å². The molecule has 0 bridgehead atoms. The molecule has 1 rings (SSSR count). The first-order valence-corrected chi connectivity index (χ1v) is 8.06. The highest BCUT2D eigenvalue weighted by molar-refractivity contribution is 7.19. The van der Waals surface area contributed by atoms with Gasteiger partial charge >= 0.3 is 5.97 Å². The summed E-state index contributed by atoms with van der Waals surface area (Å²) in [6.07, 6.45) is -0.0110. The molecule has 0 unspecified atom stereocenters. The molecule has 0 aliphatic carbocycles. The zero-order valence-electron chi connectivity index (χ0n) is 13.7. The maximum absolute atomic E-state index is 12.0. The largest absolute Gasteiger partial charge is 0.486 e. The molecular formula is C15H26N2O3S. The number of esters is 1. The molecule has 0 aliphatic rings. The van der Waals surface area contributed by atoms with Crippen LogP contribution in [0.4, 0.5) is 10.7 Å². The second-order valence-corrected chi connectivity index (χ2v) is 6.64. The third-order valence-electron chi connectivity index (χ3n) is 2.68. The first-order chi connectivity index (χ1) is 9.77. The fourth-order valence-corrected chi connectivity index (χ4v) is 3.02. The van der Waals surface area contributed by atoms with Crippen molar-refractivity contribution in [2.75, 3.05) is 30.8 Å². The van der Waals surface area contributed by atoms with Crippen molar-refractivity contribution in [3.05, 3.63) is 4.88 Å². The summed E-state index contributed by atoms with van der Waals surface area (Å²) in [5.41, 5.74) is 6.48. The van der Waals surface area contributed by atoms with Crippen molar-refractivity contribution >= 4 is 28.0 Å². The molecule has 0 fully saturated rings. The molecule has 0 aliphatic heterocycles. The monoisotopic (exact) mass is 314 g/mol. The average Bonchev–Trinajstić information content (AvgIpc) is 2.66. The Hall–Kier alpha value is -1.43. The van der Waals surface area contributed by atoms with Crippen molar-refractivity contribution in [2.24, 2.45) is 5.92 Å². The second kappa shape index (κ2) is 7.54. The topological polar surface area (TPSA) is 64.8 Å². The van der Waals surface area contributed by atoms with Gasteiger partial charge in [-0.05, 0) is 26.7 Å². The van der Waals surface area contributed by atoms with Gasteiger partial charge in [0.25, 0.3) is 0 Å². The predicted octanol–water partition coefficient (Wildman–Crippen LogP) is 3.39. The van der Waals surface area contributed by atoms with Gasteiger partial charge in [0.2, 0.25) is 0 Å². The number of carbonyl (C=O) groups excluding carboxylic acids is 1. The van der Waals surface area contributed by atoms with Gasteiger partial charge < -0.3 is 20.1 Å². The van der Waals surface area contributed by atoms with E-state index in [1.165, 1.54) is 11.3 Å². The SMILES string of the molecule is CCOC(=O)c1sc(N(C)CC(C)C)c(OC(C)C)c1N. The van der Waals surface area contributed by atoms with Crippen LogP contribution in [0, 0.1) is 5.92 Å². The standard InChI is InChI=1S/C15H26N2O3S/c1-7-19-15(18)13-11(16)12(20-10(4)5)14(21-13)17(6)8-9(2)3/h9-10H,7-8,16H2,1-6H3. The van der Waals surface area contributed by atoms with Gasteiger partial charge in [-0.15, -0.1) is 11.3 Å². The highest BCUT2D eigenvalue weighted by atomic mass is 32.1. The maximum atomic E-state index is 12.0. The van der Waals surface area contributed by atoms with E-state index < -0.39 is 5.97 Å². The smallest absolute Gasteiger partial charge is 0.350 e. The number of anilines is 2. The van der Waals surface area contributed by atoms with E-state index in [4.69, 9.17) is 15.2 Å². The Morgan fingerprint density at radius 3 is 2.43 bits per heavy atom. The summed E-state index contributed by atoms with van der Waals surface area (Å²) in [5.74, 6) is 0.690. The molecule has 0 aromatic carbocycles. The van der Waals surface area contributed by atoms with Gasteiger partial charge in [0.1, 0.15) is 15.6 Å². The minimum atomic E-state index is -0.391. The minimum Gasteiger partial charge on any atom is -0.486 e. The summed E-state index contributed by atoms with van der Waals surface area (Å²) in [5, 5.41) is 0.873. The Morgan fingerprint density at radius 2 is 1.95 bits per heavy atom. The number of nitrogens with zero attached hydrogens (tertiary/aromatic N) is 1. The van der Waals surface area contributed by atoms with Gasteiger partial charge in [0, 0.05) is 13.6 Å². The Balaban J connectivity index is 3.20. The van der Waals surface area contributed by atoms with Gasteiger partial charge in [-0.25, -0.2) is 4.79 Å². The van der Waals surface area contributed by atoms with Gasteiger partial charge in [-0.1, -0.05) is 13.8 Å². The molecule has 2 N–H and O–H groups in total. The molecule has 0 radical (unpaired) electrons. The third-order valence-corrected chi connectivity index (χ3v) is 3.96. The molecule has 0 atom stereocenters.